The predicted octanol–water partition coefficient (Wildman–Crippen LogP) is 0.730. The molecule has 0 saturated carbocycles. The molecule has 0 saturated heterocycles. The van der Waals surface area contributed by atoms with Crippen molar-refractivity contribution in [2.75, 3.05) is 0 Å². The van der Waals surface area contributed by atoms with E-state index in [0.29, 0.717) is 9.55 Å². The number of hydrogen-bond donors (Lipinski definition) is 3. The number of thiophene rings is 1. The first-order chi connectivity index (χ1) is 10.4. The van der Waals surface area contributed by atoms with Crippen molar-refractivity contribution in [3.05, 3.63) is 40.1 Å². The lowest BCUT2D eigenvalue weighted by atomic mass is 10.4. The molecule has 0 bridgehead atoms. The van der Waals surface area contributed by atoms with Crippen molar-refractivity contribution >= 4 is 49.1 Å². The summed E-state index contributed by atoms with van der Waals surface area (Å²) in [6.07, 6.45) is 1.43. The van der Waals surface area contributed by atoms with Gasteiger partial charge in [-0.1, -0.05) is 0 Å². The van der Waals surface area contributed by atoms with Crippen LogP contribution in [0.3, 0.4) is 0 Å². The second kappa shape index (κ2) is 7.05. The van der Waals surface area contributed by atoms with Gasteiger partial charge in [-0.25, -0.2) is 8.42 Å². The van der Waals surface area contributed by atoms with Crippen molar-refractivity contribution in [2.24, 2.45) is 0 Å². The Balaban J connectivity index is 1.85. The van der Waals surface area contributed by atoms with E-state index in [1.807, 2.05) is 10.3 Å². The van der Waals surface area contributed by atoms with Crippen LogP contribution in [0.5, 0.6) is 0 Å². The largest absolute Gasteiger partial charge is 0.467 e. The number of hydrazine groups is 1. The number of furan rings is 1. The summed E-state index contributed by atoms with van der Waals surface area (Å²) in [5.74, 6) is -1.66. The van der Waals surface area contributed by atoms with Gasteiger partial charge in [0.1, 0.15) is 9.97 Å². The van der Waals surface area contributed by atoms with E-state index in [-0.39, 0.29) is 10.8 Å². The highest BCUT2D eigenvalue weighted by Crippen LogP contribution is 2.25. The quantitative estimate of drug-likeness (QED) is 0.498. The van der Waals surface area contributed by atoms with Crippen LogP contribution in [-0.2, 0) is 26.2 Å². The maximum atomic E-state index is 11.8. The van der Waals surface area contributed by atoms with E-state index in [4.69, 9.17) is 4.42 Å². The summed E-state index contributed by atoms with van der Waals surface area (Å²) in [4.78, 5) is 24.8. The van der Waals surface area contributed by atoms with E-state index in [0.717, 1.165) is 11.3 Å². The molecule has 118 valence electrons. The van der Waals surface area contributed by atoms with E-state index in [1.54, 1.807) is 18.2 Å². The predicted molar refractivity (Wildman–Crippen MR) is 81.0 cm³/mol. The second-order valence-electron chi connectivity index (χ2n) is 3.88. The fraction of sp³-hybridized carbons (Fsp3) is 0.0909. The molecule has 2 amide bonds. The summed E-state index contributed by atoms with van der Waals surface area (Å²) in [7, 11) is -3.92. The molecule has 0 aliphatic carbocycles. The molecule has 0 atom stereocenters. The van der Waals surface area contributed by atoms with Crippen LogP contribution in [0.4, 0.5) is 0 Å². The SMILES string of the molecule is O=C(NCc1ccco1)C(=O)NNS(=O)(=O)c1ccc(Br)s1. The lowest BCUT2D eigenvalue weighted by molar-refractivity contribution is -0.139. The molecule has 11 heteroatoms. The number of rotatable bonds is 5. The highest BCUT2D eigenvalue weighted by Gasteiger charge is 2.20. The topological polar surface area (TPSA) is 118 Å². The molecule has 0 radical (unpaired) electrons. The molecule has 2 aromatic heterocycles. The Morgan fingerprint density at radius 2 is 2.00 bits per heavy atom. The zero-order valence-electron chi connectivity index (χ0n) is 10.8. The Hall–Kier alpha value is -1.69. The number of amides is 2. The van der Waals surface area contributed by atoms with E-state index >= 15 is 0 Å². The van der Waals surface area contributed by atoms with Crippen LogP contribution in [0, 0.1) is 0 Å². The normalized spacial score (nSPS) is 11.1. The fourth-order valence-electron chi connectivity index (χ4n) is 1.32. The molecule has 22 heavy (non-hydrogen) atoms. The van der Waals surface area contributed by atoms with Gasteiger partial charge in [-0.2, -0.15) is 0 Å². The average molecular weight is 408 g/mol. The highest BCUT2D eigenvalue weighted by molar-refractivity contribution is 9.11. The number of hydrogen-bond acceptors (Lipinski definition) is 6. The van der Waals surface area contributed by atoms with Crippen LogP contribution in [-0.4, -0.2) is 20.2 Å². The number of carbonyl (C=O) groups is 2. The van der Waals surface area contributed by atoms with Gasteiger partial charge in [-0.3, -0.25) is 15.0 Å². The van der Waals surface area contributed by atoms with Gasteiger partial charge >= 0.3 is 11.8 Å². The first kappa shape index (κ1) is 16.7. The van der Waals surface area contributed by atoms with Gasteiger partial charge in [0.15, 0.2) is 0 Å². The highest BCUT2D eigenvalue weighted by atomic mass is 79.9. The lowest BCUT2D eigenvalue weighted by Crippen LogP contribution is -2.48. The summed E-state index contributed by atoms with van der Waals surface area (Å²) in [6, 6.07) is 6.17. The molecule has 2 heterocycles. The van der Waals surface area contributed by atoms with E-state index < -0.39 is 21.8 Å². The maximum absolute atomic E-state index is 11.8. The fourth-order valence-corrected chi connectivity index (χ4v) is 4.17. The minimum absolute atomic E-state index is 0.00401. The summed E-state index contributed by atoms with van der Waals surface area (Å²) >= 11 is 4.10. The molecule has 2 aromatic rings. The van der Waals surface area contributed by atoms with Crippen molar-refractivity contribution in [1.82, 2.24) is 15.6 Å². The van der Waals surface area contributed by atoms with Gasteiger partial charge in [0.2, 0.25) is 0 Å². The summed E-state index contributed by atoms with van der Waals surface area (Å²) < 4.78 is 29.3. The van der Waals surface area contributed by atoms with Gasteiger partial charge in [0, 0.05) is 0 Å². The molecule has 0 aliphatic rings. The molecular weight excluding hydrogens is 398 g/mol. The monoisotopic (exact) mass is 407 g/mol. The van der Waals surface area contributed by atoms with Crippen LogP contribution < -0.4 is 15.6 Å². The van der Waals surface area contributed by atoms with Gasteiger partial charge in [-0.05, 0) is 40.2 Å². The van der Waals surface area contributed by atoms with Crippen molar-refractivity contribution in [2.45, 2.75) is 10.8 Å². The smallest absolute Gasteiger partial charge is 0.324 e. The molecule has 0 aliphatic heterocycles. The Morgan fingerprint density at radius 1 is 1.23 bits per heavy atom. The van der Waals surface area contributed by atoms with Crippen molar-refractivity contribution in [1.29, 1.82) is 0 Å². The van der Waals surface area contributed by atoms with E-state index in [9.17, 15) is 18.0 Å². The van der Waals surface area contributed by atoms with Crippen LogP contribution in [0.2, 0.25) is 0 Å². The van der Waals surface area contributed by atoms with Gasteiger partial charge in [0.25, 0.3) is 10.0 Å². The van der Waals surface area contributed by atoms with Crippen molar-refractivity contribution < 1.29 is 22.4 Å². The Bertz CT molecular complexity index is 770. The molecular formula is C11H10BrN3O5S2. The average Bonchev–Trinajstić information content (AvgIpc) is 3.13. The van der Waals surface area contributed by atoms with Crippen LogP contribution in [0.15, 0.2) is 42.9 Å². The van der Waals surface area contributed by atoms with Crippen LogP contribution in [0.1, 0.15) is 5.76 Å². The minimum Gasteiger partial charge on any atom is -0.467 e. The number of carbonyl (C=O) groups excluding carboxylic acids is 2. The Morgan fingerprint density at radius 3 is 2.59 bits per heavy atom. The van der Waals surface area contributed by atoms with E-state index in [2.05, 4.69) is 21.2 Å². The summed E-state index contributed by atoms with van der Waals surface area (Å²) in [5, 5.41) is 2.28. The zero-order valence-corrected chi connectivity index (χ0v) is 14.0. The third-order valence-corrected chi connectivity index (χ3v) is 5.68. The van der Waals surface area contributed by atoms with Gasteiger partial charge in [0.05, 0.1) is 16.6 Å². The third kappa shape index (κ3) is 4.40. The van der Waals surface area contributed by atoms with Gasteiger partial charge in [-0.15, -0.1) is 16.2 Å². The Kier molecular flexibility index (Phi) is 5.34. The molecule has 0 spiro atoms. The molecule has 8 nitrogen and oxygen atoms in total. The standard InChI is InChI=1S/C11H10BrN3O5S2/c12-8-3-4-9(21-8)22(18,19)15-14-11(17)10(16)13-6-7-2-1-5-20-7/h1-5,15H,6H2,(H,13,16)(H,14,17). The van der Waals surface area contributed by atoms with Crippen LogP contribution >= 0.6 is 27.3 Å². The summed E-state index contributed by atoms with van der Waals surface area (Å²) in [5.41, 5.74) is 1.83. The lowest BCUT2D eigenvalue weighted by Gasteiger charge is -2.06. The first-order valence-corrected chi connectivity index (χ1v) is 8.85. The zero-order chi connectivity index (χ0) is 16.2. The number of sulfonamides is 1. The first-order valence-electron chi connectivity index (χ1n) is 5.76. The Labute approximate surface area is 138 Å². The van der Waals surface area contributed by atoms with Gasteiger partial charge < -0.3 is 9.73 Å². The third-order valence-electron chi connectivity index (χ3n) is 2.32. The molecule has 3 N–H and O–H groups in total. The van der Waals surface area contributed by atoms with Crippen molar-refractivity contribution in [3.8, 4) is 0 Å². The van der Waals surface area contributed by atoms with Crippen LogP contribution in [0.25, 0.3) is 0 Å². The van der Waals surface area contributed by atoms with Crippen molar-refractivity contribution in [3.63, 3.8) is 0 Å². The second-order valence-corrected chi connectivity index (χ2v) is 8.25. The molecule has 0 aromatic carbocycles. The van der Waals surface area contributed by atoms with E-state index in [1.165, 1.54) is 12.3 Å². The molecule has 2 rings (SSSR count). The number of nitrogens with one attached hydrogen (secondary N) is 3. The molecule has 0 fully saturated rings. The minimum atomic E-state index is -3.92. The molecule has 0 unspecified atom stereocenters. The summed E-state index contributed by atoms with van der Waals surface area (Å²) in [6.45, 7) is 0.0177. The maximum Gasteiger partial charge on any atom is 0.324 e. The number of halogens is 1.